The first-order chi connectivity index (χ1) is 11.8. The summed E-state index contributed by atoms with van der Waals surface area (Å²) in [5, 5.41) is 9.87. The molecule has 0 aliphatic heterocycles. The highest BCUT2D eigenvalue weighted by Gasteiger charge is 2.10. The summed E-state index contributed by atoms with van der Waals surface area (Å²) in [6.07, 6.45) is 1.31. The van der Waals surface area contributed by atoms with Gasteiger partial charge in [-0.25, -0.2) is 9.78 Å². The second-order valence-corrected chi connectivity index (χ2v) is 6.20. The number of nitrogens with zero attached hydrogens (tertiary/aromatic N) is 4. The second-order valence-electron chi connectivity index (χ2n) is 6.20. The van der Waals surface area contributed by atoms with E-state index in [-0.39, 0.29) is 11.3 Å². The normalized spacial score (nSPS) is 11.9. The summed E-state index contributed by atoms with van der Waals surface area (Å²) in [5.41, 5.74) is 1.89. The van der Waals surface area contributed by atoms with Gasteiger partial charge in [-0.05, 0) is 39.2 Å². The van der Waals surface area contributed by atoms with Gasteiger partial charge in [0.1, 0.15) is 22.9 Å². The number of hydrogen-bond acceptors (Lipinski definition) is 6. The largest absolute Gasteiger partial charge is 0.507 e. The topological polar surface area (TPSA) is 83.9 Å². The first-order valence-electron chi connectivity index (χ1n) is 7.83. The van der Waals surface area contributed by atoms with E-state index in [1.807, 2.05) is 43.9 Å². The van der Waals surface area contributed by atoms with Crippen LogP contribution in [0.2, 0.25) is 0 Å². The van der Waals surface area contributed by atoms with Crippen molar-refractivity contribution in [1.29, 1.82) is 0 Å². The maximum atomic E-state index is 11.8. The van der Waals surface area contributed by atoms with Crippen LogP contribution >= 0.6 is 0 Å². The standard InChI is InChI=1S/C18H20N4O3/c1-11-7-16(23)13(18(24)25-11)9-19-12-5-6-15-14(8-12)20-17(22(15)4)10-21(2)3/h5-9,23H,10H2,1-4H3. The summed E-state index contributed by atoms with van der Waals surface area (Å²) in [6, 6.07) is 7.01. The Balaban J connectivity index is 1.96. The fourth-order valence-corrected chi connectivity index (χ4v) is 2.61. The molecule has 1 N–H and O–H groups in total. The summed E-state index contributed by atoms with van der Waals surface area (Å²) in [4.78, 5) is 22.8. The van der Waals surface area contributed by atoms with Gasteiger partial charge in [-0.3, -0.25) is 4.99 Å². The average Bonchev–Trinajstić information content (AvgIpc) is 2.81. The molecule has 0 fully saturated rings. The van der Waals surface area contributed by atoms with Crippen molar-refractivity contribution < 1.29 is 9.52 Å². The van der Waals surface area contributed by atoms with Gasteiger partial charge >= 0.3 is 5.63 Å². The van der Waals surface area contributed by atoms with Crippen molar-refractivity contribution in [2.24, 2.45) is 12.0 Å². The van der Waals surface area contributed by atoms with E-state index in [9.17, 15) is 9.90 Å². The van der Waals surface area contributed by atoms with Crippen LogP contribution < -0.4 is 5.63 Å². The minimum Gasteiger partial charge on any atom is -0.507 e. The molecule has 1 aromatic carbocycles. The molecule has 3 aromatic rings. The van der Waals surface area contributed by atoms with E-state index < -0.39 is 5.63 Å². The Morgan fingerprint density at radius 3 is 2.80 bits per heavy atom. The minimum absolute atomic E-state index is 0.0278. The minimum atomic E-state index is -0.617. The molecule has 0 saturated heterocycles. The van der Waals surface area contributed by atoms with Crippen LogP contribution in [-0.2, 0) is 13.6 Å². The van der Waals surface area contributed by atoms with E-state index in [4.69, 9.17) is 4.42 Å². The Hall–Kier alpha value is -2.93. The van der Waals surface area contributed by atoms with Gasteiger partial charge in [0.2, 0.25) is 0 Å². The highest BCUT2D eigenvalue weighted by atomic mass is 16.4. The maximum Gasteiger partial charge on any atom is 0.348 e. The molecule has 7 heteroatoms. The molecule has 2 aromatic heterocycles. The Morgan fingerprint density at radius 2 is 2.12 bits per heavy atom. The highest BCUT2D eigenvalue weighted by molar-refractivity contribution is 5.86. The quantitative estimate of drug-likeness (QED) is 0.737. The van der Waals surface area contributed by atoms with Gasteiger partial charge in [0.05, 0.1) is 23.3 Å². The van der Waals surface area contributed by atoms with E-state index in [2.05, 4.69) is 14.9 Å². The molecular formula is C18H20N4O3. The third-order valence-electron chi connectivity index (χ3n) is 3.85. The highest BCUT2D eigenvalue weighted by Crippen LogP contribution is 2.22. The predicted molar refractivity (Wildman–Crippen MR) is 96.7 cm³/mol. The number of benzene rings is 1. The molecule has 2 heterocycles. The van der Waals surface area contributed by atoms with Crippen LogP contribution in [-0.4, -0.2) is 39.9 Å². The van der Waals surface area contributed by atoms with Crippen LogP contribution in [0.3, 0.4) is 0 Å². The van der Waals surface area contributed by atoms with E-state index in [1.54, 1.807) is 6.92 Å². The lowest BCUT2D eigenvalue weighted by Crippen LogP contribution is -2.14. The van der Waals surface area contributed by atoms with Gasteiger partial charge in [0.25, 0.3) is 0 Å². The lowest BCUT2D eigenvalue weighted by Gasteiger charge is -2.08. The van der Waals surface area contributed by atoms with Crippen LogP contribution in [0.25, 0.3) is 11.0 Å². The molecule has 7 nitrogen and oxygen atoms in total. The molecule has 0 amide bonds. The van der Waals surface area contributed by atoms with E-state index in [0.29, 0.717) is 11.4 Å². The van der Waals surface area contributed by atoms with Gasteiger partial charge in [-0.15, -0.1) is 0 Å². The molecule has 0 spiro atoms. The number of fused-ring (bicyclic) bond motifs is 1. The molecule has 130 valence electrons. The molecule has 0 radical (unpaired) electrons. The number of aryl methyl sites for hydroxylation is 2. The lowest BCUT2D eigenvalue weighted by atomic mass is 10.2. The Labute approximate surface area is 144 Å². The predicted octanol–water partition coefficient (Wildman–Crippen LogP) is 2.35. The Bertz CT molecular complexity index is 1020. The fraction of sp³-hybridized carbons (Fsp3) is 0.278. The van der Waals surface area contributed by atoms with Crippen molar-refractivity contribution in [3.05, 3.63) is 51.8 Å². The van der Waals surface area contributed by atoms with Crippen molar-refractivity contribution in [2.75, 3.05) is 14.1 Å². The van der Waals surface area contributed by atoms with Crippen molar-refractivity contribution in [3.63, 3.8) is 0 Å². The SMILES string of the molecule is Cc1cc(O)c(C=Nc2ccc3c(c2)nc(CN(C)C)n3C)c(=O)o1. The summed E-state index contributed by atoms with van der Waals surface area (Å²) in [7, 11) is 5.97. The smallest absolute Gasteiger partial charge is 0.348 e. The van der Waals surface area contributed by atoms with Gasteiger partial charge in [-0.2, -0.15) is 0 Å². The van der Waals surface area contributed by atoms with Crippen LogP contribution in [0.5, 0.6) is 5.75 Å². The van der Waals surface area contributed by atoms with Crippen LogP contribution in [0.4, 0.5) is 5.69 Å². The van der Waals surface area contributed by atoms with Crippen molar-refractivity contribution >= 4 is 22.9 Å². The molecule has 0 unspecified atom stereocenters. The molecule has 3 rings (SSSR count). The third-order valence-corrected chi connectivity index (χ3v) is 3.85. The number of rotatable bonds is 4. The monoisotopic (exact) mass is 340 g/mol. The Kier molecular flexibility index (Phi) is 4.41. The van der Waals surface area contributed by atoms with Crippen LogP contribution in [0.1, 0.15) is 17.1 Å². The van der Waals surface area contributed by atoms with Gasteiger partial charge in [-0.1, -0.05) is 0 Å². The fourth-order valence-electron chi connectivity index (χ4n) is 2.61. The summed E-state index contributed by atoms with van der Waals surface area (Å²) in [5.74, 6) is 1.16. The number of aromatic nitrogens is 2. The number of aliphatic imine (C=N–C) groups is 1. The molecular weight excluding hydrogens is 320 g/mol. The van der Waals surface area contributed by atoms with E-state index in [0.717, 1.165) is 23.4 Å². The van der Waals surface area contributed by atoms with E-state index >= 15 is 0 Å². The summed E-state index contributed by atoms with van der Waals surface area (Å²) < 4.78 is 7.02. The first kappa shape index (κ1) is 16.9. The van der Waals surface area contributed by atoms with Crippen LogP contribution in [0, 0.1) is 6.92 Å². The molecule has 0 saturated carbocycles. The van der Waals surface area contributed by atoms with Gasteiger partial charge in [0, 0.05) is 19.3 Å². The third kappa shape index (κ3) is 3.46. The molecule has 0 atom stereocenters. The van der Waals surface area contributed by atoms with Crippen molar-refractivity contribution in [2.45, 2.75) is 13.5 Å². The van der Waals surface area contributed by atoms with Crippen molar-refractivity contribution in [3.8, 4) is 5.75 Å². The Morgan fingerprint density at radius 1 is 1.36 bits per heavy atom. The van der Waals surface area contributed by atoms with E-state index in [1.165, 1.54) is 12.3 Å². The second kappa shape index (κ2) is 6.52. The zero-order valence-corrected chi connectivity index (χ0v) is 14.6. The van der Waals surface area contributed by atoms with Crippen LogP contribution in [0.15, 0.2) is 38.5 Å². The lowest BCUT2D eigenvalue weighted by molar-refractivity contribution is 0.386. The number of hydrogen-bond donors (Lipinski definition) is 1. The zero-order chi connectivity index (χ0) is 18.1. The van der Waals surface area contributed by atoms with Gasteiger partial charge < -0.3 is 19.0 Å². The molecule has 25 heavy (non-hydrogen) atoms. The molecule has 0 aliphatic carbocycles. The summed E-state index contributed by atoms with van der Waals surface area (Å²) >= 11 is 0. The number of imidazole rings is 1. The molecule has 0 bridgehead atoms. The molecule has 0 aliphatic rings. The number of aromatic hydroxyl groups is 1. The van der Waals surface area contributed by atoms with Gasteiger partial charge in [0.15, 0.2) is 0 Å². The first-order valence-corrected chi connectivity index (χ1v) is 7.83. The average molecular weight is 340 g/mol. The van der Waals surface area contributed by atoms with Crippen molar-refractivity contribution in [1.82, 2.24) is 14.5 Å². The maximum absolute atomic E-state index is 11.8. The zero-order valence-electron chi connectivity index (χ0n) is 14.6. The summed E-state index contributed by atoms with van der Waals surface area (Å²) in [6.45, 7) is 2.34.